The van der Waals surface area contributed by atoms with Gasteiger partial charge in [-0.25, -0.2) is 13.1 Å². The van der Waals surface area contributed by atoms with Crippen LogP contribution in [-0.4, -0.2) is 20.7 Å². The molecule has 1 fully saturated rings. The Bertz CT molecular complexity index is 316. The highest BCUT2D eigenvalue weighted by Gasteiger charge is 2.32. The smallest absolute Gasteiger partial charge is 0.214 e. The minimum absolute atomic E-state index is 0.176. The van der Waals surface area contributed by atoms with Crippen molar-refractivity contribution < 1.29 is 8.42 Å². The van der Waals surface area contributed by atoms with Crippen molar-refractivity contribution in [1.29, 1.82) is 0 Å². The molecule has 0 saturated heterocycles. The first-order chi connectivity index (χ1) is 7.27. The molecule has 0 aromatic rings. The van der Waals surface area contributed by atoms with Gasteiger partial charge in [0.2, 0.25) is 10.0 Å². The van der Waals surface area contributed by atoms with E-state index in [0.29, 0.717) is 11.3 Å². The molecule has 4 heteroatoms. The van der Waals surface area contributed by atoms with E-state index in [-0.39, 0.29) is 5.25 Å². The summed E-state index contributed by atoms with van der Waals surface area (Å²) in [5.74, 6) is 0.657. The molecular formula is C12H25NO2S. The SMILES string of the molecule is CNS(=O)(=O)C1CCCC(C(C)(C)C)CC1. The molecule has 16 heavy (non-hydrogen) atoms. The highest BCUT2D eigenvalue weighted by molar-refractivity contribution is 7.90. The van der Waals surface area contributed by atoms with Crippen molar-refractivity contribution in [3.63, 3.8) is 0 Å². The van der Waals surface area contributed by atoms with Crippen LogP contribution in [-0.2, 0) is 10.0 Å². The third kappa shape index (κ3) is 3.45. The van der Waals surface area contributed by atoms with E-state index in [1.54, 1.807) is 0 Å². The highest BCUT2D eigenvalue weighted by Crippen LogP contribution is 2.37. The fraction of sp³-hybridized carbons (Fsp3) is 1.00. The lowest BCUT2D eigenvalue weighted by Gasteiger charge is -2.29. The molecule has 2 unspecified atom stereocenters. The van der Waals surface area contributed by atoms with Crippen molar-refractivity contribution in [3.05, 3.63) is 0 Å². The lowest BCUT2D eigenvalue weighted by atomic mass is 9.76. The second kappa shape index (κ2) is 5.05. The zero-order chi connectivity index (χ0) is 12.4. The van der Waals surface area contributed by atoms with Gasteiger partial charge in [0, 0.05) is 0 Å². The second-order valence-electron chi connectivity index (χ2n) is 5.94. The molecule has 0 amide bonds. The van der Waals surface area contributed by atoms with Gasteiger partial charge in [0.05, 0.1) is 5.25 Å². The van der Waals surface area contributed by atoms with Gasteiger partial charge in [0.1, 0.15) is 0 Å². The maximum Gasteiger partial charge on any atom is 0.214 e. The molecule has 0 aromatic carbocycles. The van der Waals surface area contributed by atoms with E-state index in [4.69, 9.17) is 0 Å². The lowest BCUT2D eigenvalue weighted by molar-refractivity contribution is 0.215. The Morgan fingerprint density at radius 3 is 2.19 bits per heavy atom. The lowest BCUT2D eigenvalue weighted by Crippen LogP contribution is -2.31. The van der Waals surface area contributed by atoms with E-state index < -0.39 is 10.0 Å². The third-order valence-corrected chi connectivity index (χ3v) is 5.78. The third-order valence-electron chi connectivity index (χ3n) is 3.86. The van der Waals surface area contributed by atoms with Crippen LogP contribution in [0, 0.1) is 11.3 Å². The summed E-state index contributed by atoms with van der Waals surface area (Å²) in [5, 5.41) is -0.176. The molecule has 0 radical (unpaired) electrons. The minimum Gasteiger partial charge on any atom is -0.218 e. The predicted octanol–water partition coefficient (Wildman–Crippen LogP) is 2.53. The Balaban J connectivity index is 2.67. The van der Waals surface area contributed by atoms with Crippen molar-refractivity contribution in [1.82, 2.24) is 4.72 Å². The molecule has 1 aliphatic carbocycles. The molecule has 2 atom stereocenters. The van der Waals surface area contributed by atoms with Gasteiger partial charge in [-0.2, -0.15) is 0 Å². The number of hydrogen-bond donors (Lipinski definition) is 1. The summed E-state index contributed by atoms with van der Waals surface area (Å²) in [4.78, 5) is 0. The molecule has 3 nitrogen and oxygen atoms in total. The molecule has 0 bridgehead atoms. The summed E-state index contributed by atoms with van der Waals surface area (Å²) < 4.78 is 26.0. The molecule has 0 heterocycles. The molecule has 1 rings (SSSR count). The quantitative estimate of drug-likeness (QED) is 0.762. The van der Waals surface area contributed by atoms with Crippen LogP contribution in [0.25, 0.3) is 0 Å². The zero-order valence-corrected chi connectivity index (χ0v) is 11.7. The maximum absolute atomic E-state index is 11.8. The van der Waals surface area contributed by atoms with Crippen LogP contribution in [0.5, 0.6) is 0 Å². The van der Waals surface area contributed by atoms with E-state index in [2.05, 4.69) is 25.5 Å². The Morgan fingerprint density at radius 1 is 1.06 bits per heavy atom. The molecule has 1 aliphatic rings. The molecule has 1 saturated carbocycles. The van der Waals surface area contributed by atoms with Gasteiger partial charge in [-0.3, -0.25) is 0 Å². The standard InChI is InChI=1S/C12H25NO2S/c1-12(2,3)10-6-5-7-11(9-8-10)16(14,15)13-4/h10-11,13H,5-9H2,1-4H3. The monoisotopic (exact) mass is 247 g/mol. The van der Waals surface area contributed by atoms with Crippen LogP contribution in [0.2, 0.25) is 0 Å². The average molecular weight is 247 g/mol. The van der Waals surface area contributed by atoms with Gasteiger partial charge in [0.25, 0.3) is 0 Å². The fourth-order valence-electron chi connectivity index (χ4n) is 2.61. The topological polar surface area (TPSA) is 46.2 Å². The molecule has 0 spiro atoms. The first-order valence-corrected chi connectivity index (χ1v) is 7.74. The largest absolute Gasteiger partial charge is 0.218 e. The summed E-state index contributed by atoms with van der Waals surface area (Å²) in [5.41, 5.74) is 0.304. The summed E-state index contributed by atoms with van der Waals surface area (Å²) in [6.07, 6.45) is 4.86. The first-order valence-electron chi connectivity index (χ1n) is 6.19. The van der Waals surface area contributed by atoms with Crippen LogP contribution >= 0.6 is 0 Å². The molecule has 1 N–H and O–H groups in total. The van der Waals surface area contributed by atoms with E-state index >= 15 is 0 Å². The Kier molecular flexibility index (Phi) is 4.41. The van der Waals surface area contributed by atoms with E-state index in [9.17, 15) is 8.42 Å². The van der Waals surface area contributed by atoms with Crippen molar-refractivity contribution in [2.75, 3.05) is 7.05 Å². The Labute approximate surface area is 100 Å². The van der Waals surface area contributed by atoms with Gasteiger partial charge in [-0.05, 0) is 44.1 Å². The van der Waals surface area contributed by atoms with Crippen molar-refractivity contribution in [3.8, 4) is 0 Å². The Hall–Kier alpha value is -0.0900. The molecule has 0 aliphatic heterocycles. The van der Waals surface area contributed by atoms with Crippen molar-refractivity contribution in [2.24, 2.45) is 11.3 Å². The Morgan fingerprint density at radius 2 is 1.69 bits per heavy atom. The van der Waals surface area contributed by atoms with Crippen molar-refractivity contribution >= 4 is 10.0 Å². The maximum atomic E-state index is 11.8. The van der Waals surface area contributed by atoms with Crippen LogP contribution in [0.15, 0.2) is 0 Å². The van der Waals surface area contributed by atoms with Gasteiger partial charge < -0.3 is 0 Å². The number of nitrogens with one attached hydrogen (secondary N) is 1. The van der Waals surface area contributed by atoms with Gasteiger partial charge in [-0.15, -0.1) is 0 Å². The number of sulfonamides is 1. The first kappa shape index (κ1) is 14.0. The molecule has 96 valence electrons. The van der Waals surface area contributed by atoms with Gasteiger partial charge in [-0.1, -0.05) is 27.2 Å². The highest BCUT2D eigenvalue weighted by atomic mass is 32.2. The molecular weight excluding hydrogens is 222 g/mol. The predicted molar refractivity (Wildman–Crippen MR) is 67.8 cm³/mol. The normalized spacial score (nSPS) is 28.8. The van der Waals surface area contributed by atoms with E-state index in [1.807, 2.05) is 0 Å². The summed E-state index contributed by atoms with van der Waals surface area (Å²) in [6.45, 7) is 6.76. The summed E-state index contributed by atoms with van der Waals surface area (Å²) in [7, 11) is -1.55. The second-order valence-corrected chi connectivity index (χ2v) is 8.11. The van der Waals surface area contributed by atoms with Crippen LogP contribution in [0.3, 0.4) is 0 Å². The summed E-state index contributed by atoms with van der Waals surface area (Å²) in [6, 6.07) is 0. The van der Waals surface area contributed by atoms with E-state index in [1.165, 1.54) is 13.5 Å². The average Bonchev–Trinajstić information content (AvgIpc) is 2.42. The number of rotatable bonds is 2. The summed E-state index contributed by atoms with van der Waals surface area (Å²) >= 11 is 0. The van der Waals surface area contributed by atoms with Crippen LogP contribution < -0.4 is 4.72 Å². The van der Waals surface area contributed by atoms with Crippen molar-refractivity contribution in [2.45, 2.75) is 58.1 Å². The van der Waals surface area contributed by atoms with Gasteiger partial charge >= 0.3 is 0 Å². The fourth-order valence-corrected chi connectivity index (χ4v) is 3.87. The van der Waals surface area contributed by atoms with Gasteiger partial charge in [0.15, 0.2) is 0 Å². The molecule has 0 aromatic heterocycles. The zero-order valence-electron chi connectivity index (χ0n) is 10.9. The van der Waals surface area contributed by atoms with Crippen LogP contribution in [0.4, 0.5) is 0 Å². The minimum atomic E-state index is -3.06. The van der Waals surface area contributed by atoms with Crippen LogP contribution in [0.1, 0.15) is 52.9 Å². The van der Waals surface area contributed by atoms with E-state index in [0.717, 1.165) is 25.7 Å². The number of hydrogen-bond acceptors (Lipinski definition) is 2.